The van der Waals surface area contributed by atoms with Gasteiger partial charge in [-0.1, -0.05) is 42.5 Å². The number of benzene rings is 2. The molecule has 4 aliphatic rings. The van der Waals surface area contributed by atoms with Crippen LogP contribution in [0.4, 0.5) is 0 Å². The minimum Gasteiger partial charge on any atom is -0.342 e. The number of rotatable bonds is 7. The first-order valence-electron chi connectivity index (χ1n) is 14.4. The molecule has 0 bridgehead atoms. The van der Waals surface area contributed by atoms with Crippen LogP contribution >= 0.6 is 12.4 Å². The van der Waals surface area contributed by atoms with Gasteiger partial charge in [0.05, 0.1) is 17.0 Å². The second-order valence-electron chi connectivity index (χ2n) is 12.1. The predicted molar refractivity (Wildman–Crippen MR) is 153 cm³/mol. The Balaban J connectivity index is 0.00000308. The fourth-order valence-corrected chi connectivity index (χ4v) is 6.94. The van der Waals surface area contributed by atoms with E-state index in [2.05, 4.69) is 46.2 Å². The molecule has 2 aromatic carbocycles. The summed E-state index contributed by atoms with van der Waals surface area (Å²) in [4.78, 5) is 33.2. The van der Waals surface area contributed by atoms with Crippen LogP contribution in [0.2, 0.25) is 0 Å². The number of nitriles is 1. The maximum absolute atomic E-state index is 13.5. The van der Waals surface area contributed by atoms with Gasteiger partial charge < -0.3 is 14.7 Å². The van der Waals surface area contributed by atoms with Crippen molar-refractivity contribution in [3.63, 3.8) is 0 Å². The van der Waals surface area contributed by atoms with Crippen LogP contribution in [0.1, 0.15) is 61.1 Å². The maximum atomic E-state index is 13.5. The van der Waals surface area contributed by atoms with Gasteiger partial charge in [-0.2, -0.15) is 5.26 Å². The molecule has 1 saturated carbocycles. The number of carbonyl (C=O) groups is 2. The van der Waals surface area contributed by atoms with Gasteiger partial charge in [-0.05, 0) is 80.3 Å². The summed E-state index contributed by atoms with van der Waals surface area (Å²) in [7, 11) is 0. The molecule has 6 rings (SSSR count). The second-order valence-corrected chi connectivity index (χ2v) is 12.1. The Hall–Kier alpha value is -2.88. The van der Waals surface area contributed by atoms with Crippen LogP contribution in [0, 0.1) is 28.6 Å². The second kappa shape index (κ2) is 11.7. The third-order valence-corrected chi connectivity index (χ3v) is 9.55. The molecule has 1 spiro atoms. The lowest BCUT2D eigenvalue weighted by molar-refractivity contribution is -0.139. The van der Waals surface area contributed by atoms with Crippen LogP contribution in [-0.4, -0.2) is 65.8 Å². The summed E-state index contributed by atoms with van der Waals surface area (Å²) in [5.74, 6) is 2.08. The average Bonchev–Trinajstić information content (AvgIpc) is 3.60. The molecule has 0 aromatic heterocycles. The zero-order valence-electron chi connectivity index (χ0n) is 22.6. The maximum Gasteiger partial charge on any atom is 0.229 e. The molecule has 1 unspecified atom stereocenters. The van der Waals surface area contributed by atoms with E-state index in [1.54, 1.807) is 0 Å². The molecule has 1 aliphatic carbocycles. The lowest BCUT2D eigenvalue weighted by atomic mass is 9.76. The molecular weight excluding hydrogens is 508 g/mol. The largest absolute Gasteiger partial charge is 0.342 e. The predicted octanol–water partition coefficient (Wildman–Crippen LogP) is 4.84. The Morgan fingerprint density at radius 1 is 0.949 bits per heavy atom. The van der Waals surface area contributed by atoms with Crippen molar-refractivity contribution in [3.8, 4) is 6.07 Å². The molecule has 7 heteroatoms. The molecule has 2 aromatic rings. The van der Waals surface area contributed by atoms with Gasteiger partial charge in [0, 0.05) is 45.1 Å². The molecule has 2 atom stereocenters. The third-order valence-electron chi connectivity index (χ3n) is 9.55. The normalized spacial score (nSPS) is 24.5. The summed E-state index contributed by atoms with van der Waals surface area (Å²) in [5, 5.41) is 9.04. The third kappa shape index (κ3) is 6.00. The van der Waals surface area contributed by atoms with Gasteiger partial charge in [-0.25, -0.2) is 0 Å². The minimum atomic E-state index is -0.218. The van der Waals surface area contributed by atoms with E-state index in [1.807, 2.05) is 29.2 Å². The van der Waals surface area contributed by atoms with E-state index in [0.29, 0.717) is 41.7 Å². The van der Waals surface area contributed by atoms with E-state index in [0.717, 1.165) is 70.5 Å². The number of hydrogen-bond donors (Lipinski definition) is 0. The smallest absolute Gasteiger partial charge is 0.229 e. The van der Waals surface area contributed by atoms with Crippen molar-refractivity contribution >= 4 is 24.2 Å². The molecule has 3 heterocycles. The zero-order chi connectivity index (χ0) is 26.1. The van der Waals surface area contributed by atoms with Crippen LogP contribution in [0.5, 0.6) is 0 Å². The first kappa shape index (κ1) is 27.7. The lowest BCUT2D eigenvalue weighted by Gasteiger charge is -2.39. The summed E-state index contributed by atoms with van der Waals surface area (Å²) in [5.41, 5.74) is 2.86. The van der Waals surface area contributed by atoms with E-state index in [1.165, 1.54) is 18.4 Å². The van der Waals surface area contributed by atoms with Gasteiger partial charge in [0.1, 0.15) is 0 Å². The van der Waals surface area contributed by atoms with E-state index < -0.39 is 0 Å². The first-order valence-corrected chi connectivity index (χ1v) is 14.4. The highest BCUT2D eigenvalue weighted by Gasteiger charge is 2.48. The molecule has 3 saturated heterocycles. The van der Waals surface area contributed by atoms with Gasteiger partial charge in [0.25, 0.3) is 0 Å². The summed E-state index contributed by atoms with van der Waals surface area (Å²) in [6.45, 7) is 6.02. The minimum absolute atomic E-state index is 0. The van der Waals surface area contributed by atoms with Crippen molar-refractivity contribution < 1.29 is 9.59 Å². The molecule has 0 radical (unpaired) electrons. The van der Waals surface area contributed by atoms with Gasteiger partial charge in [0.2, 0.25) is 11.8 Å². The van der Waals surface area contributed by atoms with Crippen molar-refractivity contribution in [1.29, 1.82) is 5.26 Å². The van der Waals surface area contributed by atoms with Crippen molar-refractivity contribution in [3.05, 3.63) is 71.3 Å². The van der Waals surface area contributed by atoms with Crippen molar-refractivity contribution in [2.45, 2.75) is 51.0 Å². The number of amides is 2. The zero-order valence-corrected chi connectivity index (χ0v) is 23.5. The monoisotopic (exact) mass is 546 g/mol. The van der Waals surface area contributed by atoms with E-state index in [9.17, 15) is 9.59 Å². The Morgan fingerprint density at radius 3 is 2.31 bits per heavy atom. The Bertz CT molecular complexity index is 1200. The average molecular weight is 547 g/mol. The number of piperidine rings is 1. The molecule has 3 aliphatic heterocycles. The number of halogens is 1. The van der Waals surface area contributed by atoms with E-state index in [-0.39, 0.29) is 17.8 Å². The highest BCUT2D eigenvalue weighted by Crippen LogP contribution is 2.43. The molecule has 2 amide bonds. The van der Waals surface area contributed by atoms with Crippen LogP contribution < -0.4 is 0 Å². The summed E-state index contributed by atoms with van der Waals surface area (Å²) in [6.07, 6.45) is 5.93. The van der Waals surface area contributed by atoms with E-state index in [4.69, 9.17) is 5.26 Å². The first-order chi connectivity index (χ1) is 18.5. The molecule has 4 fully saturated rings. The van der Waals surface area contributed by atoms with Crippen molar-refractivity contribution in [2.24, 2.45) is 17.3 Å². The van der Waals surface area contributed by atoms with Crippen molar-refractivity contribution in [1.82, 2.24) is 14.7 Å². The highest BCUT2D eigenvalue weighted by atomic mass is 35.5. The molecule has 6 nitrogen and oxygen atoms in total. The van der Waals surface area contributed by atoms with Crippen LogP contribution in [0.25, 0.3) is 0 Å². The van der Waals surface area contributed by atoms with Crippen LogP contribution in [0.3, 0.4) is 0 Å². The summed E-state index contributed by atoms with van der Waals surface area (Å²) >= 11 is 0. The Morgan fingerprint density at radius 2 is 1.64 bits per heavy atom. The van der Waals surface area contributed by atoms with Gasteiger partial charge >= 0.3 is 0 Å². The van der Waals surface area contributed by atoms with Crippen molar-refractivity contribution in [2.75, 3.05) is 39.3 Å². The summed E-state index contributed by atoms with van der Waals surface area (Å²) in [6, 6.07) is 20.5. The quantitative estimate of drug-likeness (QED) is 0.498. The van der Waals surface area contributed by atoms with Gasteiger partial charge in [0.15, 0.2) is 0 Å². The Labute approximate surface area is 238 Å². The molecule has 206 valence electrons. The topological polar surface area (TPSA) is 67.7 Å². The number of carbonyl (C=O) groups excluding carboxylic acids is 2. The number of likely N-dealkylation sites (tertiary alicyclic amines) is 3. The van der Waals surface area contributed by atoms with Crippen LogP contribution in [0.15, 0.2) is 54.6 Å². The molecule has 39 heavy (non-hydrogen) atoms. The van der Waals surface area contributed by atoms with Gasteiger partial charge in [-0.3, -0.25) is 9.59 Å². The standard InChI is InChI=1S/C32H38N4O2.ClH/c33-19-25-8-10-26(11-9-25)20-35-17-14-32(31(35)38)12-15-34(16-13-32)21-28-22-36(30(37)18-24-6-7-24)23-29(28)27-4-2-1-3-5-27;/h1-5,8-11,24,28-29H,6-7,12-18,20-23H2;1H/t28-,29?;/m0./s1. The lowest BCUT2D eigenvalue weighted by Crippen LogP contribution is -2.46. The van der Waals surface area contributed by atoms with E-state index >= 15 is 0 Å². The fourth-order valence-electron chi connectivity index (χ4n) is 6.94. The molecule has 0 N–H and O–H groups in total. The highest BCUT2D eigenvalue weighted by molar-refractivity contribution is 5.85. The summed E-state index contributed by atoms with van der Waals surface area (Å²) < 4.78 is 0. The SMILES string of the molecule is Cl.N#Cc1ccc(CN2CCC3(CCN(C[C@H]4CN(C(=O)CC5CC5)CC4c4ccccc4)CC3)C2=O)cc1. The van der Waals surface area contributed by atoms with Crippen LogP contribution in [-0.2, 0) is 16.1 Å². The van der Waals surface area contributed by atoms with Gasteiger partial charge in [-0.15, -0.1) is 12.4 Å². The Kier molecular flexibility index (Phi) is 8.30. The number of nitrogens with zero attached hydrogens (tertiary/aromatic N) is 4. The molecular formula is C32H39ClN4O2. The fraction of sp³-hybridized carbons (Fsp3) is 0.531. The number of hydrogen-bond acceptors (Lipinski definition) is 4.